The Morgan fingerprint density at radius 1 is 0.889 bits per heavy atom. The molecule has 2 heterocycles. The number of ketones is 2. The van der Waals surface area contributed by atoms with Gasteiger partial charge in [-0.1, -0.05) is 57.9 Å². The lowest BCUT2D eigenvalue weighted by Crippen LogP contribution is -2.47. The molecule has 0 fully saturated rings. The molecule has 6 heteroatoms. The molecular weight excluding hydrogens is 516 g/mol. The first-order valence-electron chi connectivity index (χ1n) is 12.1. The van der Waals surface area contributed by atoms with Crippen molar-refractivity contribution in [1.82, 2.24) is 0 Å². The van der Waals surface area contributed by atoms with Gasteiger partial charge in [-0.05, 0) is 50.1 Å². The molecule has 36 heavy (non-hydrogen) atoms. The van der Waals surface area contributed by atoms with Gasteiger partial charge in [0.1, 0.15) is 5.41 Å². The lowest BCUT2D eigenvalue weighted by molar-refractivity contribution is -0.122. The van der Waals surface area contributed by atoms with Gasteiger partial charge in [-0.25, -0.2) is 0 Å². The number of amides is 1. The summed E-state index contributed by atoms with van der Waals surface area (Å²) in [6.45, 7) is 2.00. The van der Waals surface area contributed by atoms with Crippen LogP contribution >= 0.6 is 15.9 Å². The van der Waals surface area contributed by atoms with Crippen molar-refractivity contribution in [1.29, 1.82) is 0 Å². The van der Waals surface area contributed by atoms with Crippen LogP contribution in [0.1, 0.15) is 46.3 Å². The van der Waals surface area contributed by atoms with Gasteiger partial charge >= 0.3 is 0 Å². The topological polar surface area (TPSA) is 66.5 Å². The van der Waals surface area contributed by atoms with Gasteiger partial charge in [-0.3, -0.25) is 19.3 Å². The van der Waals surface area contributed by atoms with Gasteiger partial charge in [0, 0.05) is 55.8 Å². The van der Waals surface area contributed by atoms with Gasteiger partial charge in [0.25, 0.3) is 5.91 Å². The van der Waals surface area contributed by atoms with E-state index in [1.54, 1.807) is 11.0 Å². The number of nitrogens with one attached hydrogen (secondary N) is 1. The second-order valence-electron chi connectivity index (χ2n) is 9.76. The van der Waals surface area contributed by atoms with E-state index in [9.17, 15) is 14.4 Å². The molecule has 0 bridgehead atoms. The number of aryl methyl sites for hydroxylation is 1. The Morgan fingerprint density at radius 2 is 1.64 bits per heavy atom. The summed E-state index contributed by atoms with van der Waals surface area (Å²) in [5.41, 5.74) is 5.11. The summed E-state index contributed by atoms with van der Waals surface area (Å²) in [5.74, 6) is -0.535. The van der Waals surface area contributed by atoms with Crippen molar-refractivity contribution in [3.8, 4) is 0 Å². The first kappa shape index (κ1) is 21.5. The van der Waals surface area contributed by atoms with E-state index in [0.717, 1.165) is 21.3 Å². The number of hydrogen-bond acceptors (Lipinski definition) is 4. The molecule has 0 saturated heterocycles. The zero-order valence-corrected chi connectivity index (χ0v) is 21.1. The van der Waals surface area contributed by atoms with E-state index in [0.29, 0.717) is 58.6 Å². The van der Waals surface area contributed by atoms with Crippen molar-refractivity contribution in [2.75, 3.05) is 10.2 Å². The Balaban J connectivity index is 1.60. The normalized spacial score (nSPS) is 22.1. The Morgan fingerprint density at radius 3 is 2.42 bits per heavy atom. The van der Waals surface area contributed by atoms with Crippen LogP contribution in [0.4, 0.5) is 11.4 Å². The molecule has 1 atom stereocenters. The van der Waals surface area contributed by atoms with Crippen molar-refractivity contribution in [3.05, 3.63) is 110 Å². The smallest absolute Gasteiger partial charge is 0.251 e. The Labute approximate surface area is 216 Å². The number of Topliss-reactive ketones (excluding diaryl/α,β-unsaturated/α-hetero) is 2. The minimum atomic E-state index is -1.51. The van der Waals surface area contributed by atoms with Gasteiger partial charge in [-0.2, -0.15) is 0 Å². The summed E-state index contributed by atoms with van der Waals surface area (Å²) in [7, 11) is 0. The minimum absolute atomic E-state index is 0.0670. The van der Waals surface area contributed by atoms with E-state index in [-0.39, 0.29) is 17.5 Å². The lowest BCUT2D eigenvalue weighted by atomic mass is 9.63. The third-order valence-corrected chi connectivity index (χ3v) is 8.28. The molecule has 3 aromatic rings. The van der Waals surface area contributed by atoms with Crippen molar-refractivity contribution >= 4 is 50.5 Å². The molecule has 1 N–H and O–H groups in total. The minimum Gasteiger partial charge on any atom is -0.354 e. The van der Waals surface area contributed by atoms with Crippen LogP contribution in [0.15, 0.2) is 88.0 Å². The molecule has 5 nitrogen and oxygen atoms in total. The average molecular weight is 537 g/mol. The summed E-state index contributed by atoms with van der Waals surface area (Å²) in [6, 6.07) is 20.9. The third kappa shape index (κ3) is 2.57. The Bertz CT molecular complexity index is 1620. The van der Waals surface area contributed by atoms with Gasteiger partial charge in [-0.15, -0.1) is 0 Å². The van der Waals surface area contributed by atoms with E-state index in [4.69, 9.17) is 0 Å². The van der Waals surface area contributed by atoms with Crippen LogP contribution in [0, 0.1) is 6.92 Å². The summed E-state index contributed by atoms with van der Waals surface area (Å²) >= 11 is 3.57. The molecule has 1 spiro atoms. The fourth-order valence-electron chi connectivity index (χ4n) is 6.30. The van der Waals surface area contributed by atoms with Crippen LogP contribution in [0.3, 0.4) is 0 Å². The summed E-state index contributed by atoms with van der Waals surface area (Å²) < 4.78 is 0.779. The molecule has 1 amide bonds. The maximum absolute atomic E-state index is 14.9. The summed E-state index contributed by atoms with van der Waals surface area (Å²) in [4.78, 5) is 44.5. The first-order chi connectivity index (χ1) is 17.4. The van der Waals surface area contributed by atoms with Crippen LogP contribution in [0.5, 0.6) is 0 Å². The average Bonchev–Trinajstić information content (AvgIpc) is 3.31. The molecule has 1 unspecified atom stereocenters. The molecule has 7 rings (SSSR count). The quantitative estimate of drug-likeness (QED) is 0.409. The molecule has 0 radical (unpaired) electrons. The van der Waals surface area contributed by atoms with E-state index in [2.05, 4.69) is 21.2 Å². The number of allylic oxidation sites excluding steroid dienone is 1. The van der Waals surface area contributed by atoms with Crippen molar-refractivity contribution in [2.24, 2.45) is 0 Å². The molecule has 4 aliphatic rings. The number of anilines is 2. The molecule has 2 aliphatic carbocycles. The molecule has 176 valence electrons. The van der Waals surface area contributed by atoms with Crippen LogP contribution in [0.2, 0.25) is 0 Å². The van der Waals surface area contributed by atoms with Gasteiger partial charge in [0.05, 0.1) is 5.70 Å². The molecule has 3 aromatic carbocycles. The number of nitrogens with zero attached hydrogens (tertiary/aromatic N) is 1. The largest absolute Gasteiger partial charge is 0.354 e. The van der Waals surface area contributed by atoms with E-state index in [1.807, 2.05) is 67.6 Å². The van der Waals surface area contributed by atoms with Gasteiger partial charge < -0.3 is 5.32 Å². The molecule has 2 aliphatic heterocycles. The van der Waals surface area contributed by atoms with Crippen LogP contribution in [0.25, 0.3) is 5.70 Å². The number of hydrogen-bond donors (Lipinski definition) is 1. The second-order valence-corrected chi connectivity index (χ2v) is 10.7. The van der Waals surface area contributed by atoms with Crippen molar-refractivity contribution in [2.45, 2.75) is 31.6 Å². The van der Waals surface area contributed by atoms with Crippen LogP contribution in [-0.4, -0.2) is 17.5 Å². The zero-order valence-electron chi connectivity index (χ0n) is 19.5. The number of fused-ring (bicyclic) bond motifs is 6. The monoisotopic (exact) mass is 536 g/mol. The third-order valence-electron chi connectivity index (χ3n) is 7.78. The van der Waals surface area contributed by atoms with E-state index < -0.39 is 5.41 Å². The zero-order chi connectivity index (χ0) is 24.8. The highest BCUT2D eigenvalue weighted by atomic mass is 79.9. The summed E-state index contributed by atoms with van der Waals surface area (Å²) in [5, 5.41) is 3.45. The standard InChI is InChI=1S/C30H21BrN2O3/c1-16-9-12-18(13-10-16)33-23-7-4-8-24(34)25(23)30(29(33)36)21-15-17(31)11-14-22(21)32-27-19-5-2-3-6-20(19)28(35)26(27)30/h2-3,5-6,9-15,32H,4,7-8H2,1H3. The van der Waals surface area contributed by atoms with Crippen molar-refractivity contribution in [3.63, 3.8) is 0 Å². The fourth-order valence-corrected chi connectivity index (χ4v) is 6.66. The number of benzene rings is 3. The number of rotatable bonds is 1. The second kappa shape index (κ2) is 7.37. The number of halogens is 1. The highest BCUT2D eigenvalue weighted by Crippen LogP contribution is 2.60. The van der Waals surface area contributed by atoms with Gasteiger partial charge in [0.2, 0.25) is 0 Å². The van der Waals surface area contributed by atoms with E-state index in [1.165, 1.54) is 0 Å². The molecule has 0 aromatic heterocycles. The van der Waals surface area contributed by atoms with Crippen LogP contribution in [-0.2, 0) is 15.0 Å². The highest BCUT2D eigenvalue weighted by molar-refractivity contribution is 9.10. The SMILES string of the molecule is Cc1ccc(N2C(=O)C3(C4=C(Nc5ccc(Br)cc53)c3ccccc3C4=O)C3=C2CCCC3=O)cc1. The maximum Gasteiger partial charge on any atom is 0.251 e. The Kier molecular flexibility index (Phi) is 4.40. The predicted octanol–water partition coefficient (Wildman–Crippen LogP) is 6.08. The predicted molar refractivity (Wildman–Crippen MR) is 142 cm³/mol. The van der Waals surface area contributed by atoms with Crippen LogP contribution < -0.4 is 10.2 Å². The fraction of sp³-hybridized carbons (Fsp3) is 0.167. The Hall–Kier alpha value is -3.77. The van der Waals surface area contributed by atoms with Crippen molar-refractivity contribution < 1.29 is 14.4 Å². The first-order valence-corrected chi connectivity index (χ1v) is 12.9. The molecule has 0 saturated carbocycles. The van der Waals surface area contributed by atoms with E-state index >= 15 is 0 Å². The van der Waals surface area contributed by atoms with Gasteiger partial charge in [0.15, 0.2) is 11.6 Å². The number of carbonyl (C=O) groups is 3. The number of carbonyl (C=O) groups excluding carboxylic acids is 3. The lowest BCUT2D eigenvalue weighted by Gasteiger charge is -2.38. The molecular formula is C30H21BrN2O3. The summed E-state index contributed by atoms with van der Waals surface area (Å²) in [6.07, 6.45) is 1.63. The maximum atomic E-state index is 14.9. The highest BCUT2D eigenvalue weighted by Gasteiger charge is 2.64.